The molecule has 0 saturated carbocycles. The van der Waals surface area contributed by atoms with E-state index < -0.39 is 0 Å². The summed E-state index contributed by atoms with van der Waals surface area (Å²) >= 11 is 0. The van der Waals surface area contributed by atoms with E-state index in [1.165, 1.54) is 5.56 Å². The Kier molecular flexibility index (Phi) is 3.69. The number of aromatic amines is 1. The number of nitrogens with one attached hydrogen (secondary N) is 1. The summed E-state index contributed by atoms with van der Waals surface area (Å²) in [6, 6.07) is 6.33. The molecule has 1 aromatic carbocycles. The molecule has 20 heavy (non-hydrogen) atoms. The lowest BCUT2D eigenvalue weighted by molar-refractivity contribution is -0.128. The summed E-state index contributed by atoms with van der Waals surface area (Å²) in [4.78, 5) is 13.8. The van der Waals surface area contributed by atoms with Crippen molar-refractivity contribution in [3.63, 3.8) is 0 Å². The number of carbonyl (C=O) groups is 1. The molecule has 2 heterocycles. The number of carbonyl (C=O) groups excluding carboxylic acids is 1. The third-order valence-electron chi connectivity index (χ3n) is 3.89. The fourth-order valence-corrected chi connectivity index (χ4v) is 2.85. The van der Waals surface area contributed by atoms with Crippen molar-refractivity contribution in [3.05, 3.63) is 30.0 Å². The Morgan fingerprint density at radius 1 is 1.50 bits per heavy atom. The van der Waals surface area contributed by atoms with Gasteiger partial charge in [0.2, 0.25) is 5.91 Å². The van der Waals surface area contributed by atoms with Crippen LogP contribution in [0.3, 0.4) is 0 Å². The maximum atomic E-state index is 11.9. The fraction of sp³-hybridized carbons (Fsp3) is 0.467. The Labute approximate surface area is 117 Å². The van der Waals surface area contributed by atoms with Crippen LogP contribution in [0.5, 0.6) is 0 Å². The predicted molar refractivity (Wildman–Crippen MR) is 76.4 cm³/mol. The van der Waals surface area contributed by atoms with Crippen LogP contribution in [0.1, 0.15) is 12.0 Å². The molecule has 5 heteroatoms. The number of rotatable bonds is 5. The maximum absolute atomic E-state index is 11.9. The lowest BCUT2D eigenvalue weighted by Crippen LogP contribution is -2.28. The maximum Gasteiger partial charge on any atom is 0.223 e. The number of aromatic nitrogens is 2. The first-order chi connectivity index (χ1) is 9.76. The number of hydrogen-bond donors (Lipinski definition) is 1. The molecule has 0 spiro atoms. The molecule has 1 amide bonds. The SMILES string of the molecule is COCCN1C[C@H](Cc2ccc3cn[nH]c3c2)CC1=O. The topological polar surface area (TPSA) is 58.2 Å². The zero-order valence-electron chi connectivity index (χ0n) is 11.6. The molecular formula is C15H19N3O2. The standard InChI is InChI=1S/C15H19N3O2/c1-20-5-4-18-10-12(8-15(18)19)6-11-2-3-13-9-16-17-14(13)7-11/h2-3,7,9,12H,4-6,8,10H2,1H3,(H,16,17)/t12-/m1/s1. The Morgan fingerprint density at radius 3 is 3.25 bits per heavy atom. The quantitative estimate of drug-likeness (QED) is 0.900. The molecule has 0 unspecified atom stereocenters. The molecule has 1 aliphatic rings. The van der Waals surface area contributed by atoms with Crippen molar-refractivity contribution in [2.24, 2.45) is 5.92 Å². The van der Waals surface area contributed by atoms with Crippen LogP contribution in [-0.2, 0) is 16.0 Å². The van der Waals surface area contributed by atoms with Gasteiger partial charge in [-0.25, -0.2) is 0 Å². The summed E-state index contributed by atoms with van der Waals surface area (Å²) in [6.07, 6.45) is 3.40. The van der Waals surface area contributed by atoms with E-state index in [9.17, 15) is 4.79 Å². The van der Waals surface area contributed by atoms with Crippen LogP contribution in [0.4, 0.5) is 0 Å². The number of amides is 1. The molecule has 1 N–H and O–H groups in total. The highest BCUT2D eigenvalue weighted by Crippen LogP contribution is 2.23. The Balaban J connectivity index is 1.64. The molecule has 5 nitrogen and oxygen atoms in total. The number of benzene rings is 1. The second-order valence-corrected chi connectivity index (χ2v) is 5.40. The molecule has 1 atom stereocenters. The van der Waals surface area contributed by atoms with E-state index in [0.717, 1.165) is 23.9 Å². The number of ether oxygens (including phenoxy) is 1. The monoisotopic (exact) mass is 273 g/mol. The molecule has 1 fully saturated rings. The Morgan fingerprint density at radius 2 is 2.40 bits per heavy atom. The third-order valence-corrected chi connectivity index (χ3v) is 3.89. The minimum absolute atomic E-state index is 0.245. The molecule has 0 radical (unpaired) electrons. The number of H-pyrrole nitrogens is 1. The molecule has 3 rings (SSSR count). The normalized spacial score (nSPS) is 19.1. The molecule has 1 aliphatic heterocycles. The molecule has 2 aromatic rings. The van der Waals surface area contributed by atoms with E-state index in [1.807, 2.05) is 11.1 Å². The van der Waals surface area contributed by atoms with Gasteiger partial charge in [0.15, 0.2) is 0 Å². The van der Waals surface area contributed by atoms with E-state index in [2.05, 4.69) is 28.4 Å². The number of likely N-dealkylation sites (tertiary alicyclic amines) is 1. The van der Waals surface area contributed by atoms with Crippen LogP contribution < -0.4 is 0 Å². The first-order valence-electron chi connectivity index (χ1n) is 6.95. The molecule has 1 aromatic heterocycles. The van der Waals surface area contributed by atoms with Crippen molar-refractivity contribution in [2.75, 3.05) is 26.8 Å². The van der Waals surface area contributed by atoms with Gasteiger partial charge in [-0.1, -0.05) is 12.1 Å². The second-order valence-electron chi connectivity index (χ2n) is 5.40. The molecule has 1 saturated heterocycles. The van der Waals surface area contributed by atoms with Crippen molar-refractivity contribution in [3.8, 4) is 0 Å². The smallest absolute Gasteiger partial charge is 0.223 e. The second kappa shape index (κ2) is 5.63. The van der Waals surface area contributed by atoms with Crippen molar-refractivity contribution in [1.82, 2.24) is 15.1 Å². The van der Waals surface area contributed by atoms with Crippen LogP contribution in [-0.4, -0.2) is 47.8 Å². The molecule has 0 aliphatic carbocycles. The summed E-state index contributed by atoms with van der Waals surface area (Å²) in [6.45, 7) is 2.15. The van der Waals surface area contributed by atoms with Crippen LogP contribution in [0.2, 0.25) is 0 Å². The summed E-state index contributed by atoms with van der Waals surface area (Å²) in [7, 11) is 1.66. The van der Waals surface area contributed by atoms with E-state index in [0.29, 0.717) is 25.5 Å². The van der Waals surface area contributed by atoms with Gasteiger partial charge in [-0.2, -0.15) is 5.10 Å². The predicted octanol–water partition coefficient (Wildman–Crippen LogP) is 1.60. The number of nitrogens with zero attached hydrogens (tertiary/aromatic N) is 2. The van der Waals surface area contributed by atoms with Crippen molar-refractivity contribution < 1.29 is 9.53 Å². The lowest BCUT2D eigenvalue weighted by atomic mass is 9.98. The molecular weight excluding hydrogens is 254 g/mol. The van der Waals surface area contributed by atoms with Crippen molar-refractivity contribution in [2.45, 2.75) is 12.8 Å². The van der Waals surface area contributed by atoms with Gasteiger partial charge in [-0.15, -0.1) is 0 Å². The zero-order valence-corrected chi connectivity index (χ0v) is 11.6. The number of fused-ring (bicyclic) bond motifs is 1. The van der Waals surface area contributed by atoms with Crippen LogP contribution in [0, 0.1) is 5.92 Å². The first kappa shape index (κ1) is 13.1. The molecule has 0 bridgehead atoms. The van der Waals surface area contributed by atoms with Gasteiger partial charge < -0.3 is 9.64 Å². The van der Waals surface area contributed by atoms with E-state index in [4.69, 9.17) is 4.74 Å². The summed E-state index contributed by atoms with van der Waals surface area (Å²) in [5.74, 6) is 0.648. The van der Waals surface area contributed by atoms with E-state index >= 15 is 0 Å². The van der Waals surface area contributed by atoms with Gasteiger partial charge in [0.25, 0.3) is 0 Å². The zero-order chi connectivity index (χ0) is 13.9. The highest BCUT2D eigenvalue weighted by Gasteiger charge is 2.29. The van der Waals surface area contributed by atoms with Gasteiger partial charge in [0.05, 0.1) is 18.3 Å². The Hall–Kier alpha value is -1.88. The largest absolute Gasteiger partial charge is 0.383 e. The van der Waals surface area contributed by atoms with Crippen LogP contribution in [0.25, 0.3) is 10.9 Å². The van der Waals surface area contributed by atoms with Gasteiger partial charge in [-0.3, -0.25) is 9.89 Å². The highest BCUT2D eigenvalue weighted by atomic mass is 16.5. The van der Waals surface area contributed by atoms with Gasteiger partial charge in [0, 0.05) is 32.0 Å². The minimum Gasteiger partial charge on any atom is -0.383 e. The van der Waals surface area contributed by atoms with Crippen molar-refractivity contribution >= 4 is 16.8 Å². The van der Waals surface area contributed by atoms with E-state index in [1.54, 1.807) is 7.11 Å². The van der Waals surface area contributed by atoms with Gasteiger partial charge >= 0.3 is 0 Å². The Bertz CT molecular complexity index is 608. The average Bonchev–Trinajstić information content (AvgIpc) is 3.03. The van der Waals surface area contributed by atoms with Gasteiger partial charge in [-0.05, 0) is 24.0 Å². The van der Waals surface area contributed by atoms with Crippen LogP contribution >= 0.6 is 0 Å². The average molecular weight is 273 g/mol. The van der Waals surface area contributed by atoms with Crippen molar-refractivity contribution in [1.29, 1.82) is 0 Å². The summed E-state index contributed by atoms with van der Waals surface area (Å²) in [5, 5.41) is 8.14. The van der Waals surface area contributed by atoms with Gasteiger partial charge in [0.1, 0.15) is 0 Å². The lowest BCUT2D eigenvalue weighted by Gasteiger charge is -2.15. The fourth-order valence-electron chi connectivity index (χ4n) is 2.85. The highest BCUT2D eigenvalue weighted by molar-refractivity contribution is 5.79. The summed E-state index contributed by atoms with van der Waals surface area (Å²) in [5.41, 5.74) is 2.32. The molecule has 106 valence electrons. The number of methoxy groups -OCH3 is 1. The third kappa shape index (κ3) is 2.67. The van der Waals surface area contributed by atoms with Crippen LogP contribution in [0.15, 0.2) is 24.4 Å². The minimum atomic E-state index is 0.245. The summed E-state index contributed by atoms with van der Waals surface area (Å²) < 4.78 is 5.04. The number of hydrogen-bond acceptors (Lipinski definition) is 3. The first-order valence-corrected chi connectivity index (χ1v) is 6.95. The van der Waals surface area contributed by atoms with E-state index in [-0.39, 0.29) is 5.91 Å².